The molecule has 2 atom stereocenters. The highest BCUT2D eigenvalue weighted by atomic mass is 15.4. The molecule has 0 aliphatic heterocycles. The standard InChI is InChI=1S/C11H20N4/c1-3-6-15-11(8-13-14-15)10-5-4-9(10)7-12-2/h8-10,12H,3-7H2,1-2H3. The molecule has 4 nitrogen and oxygen atoms in total. The van der Waals surface area contributed by atoms with Gasteiger partial charge < -0.3 is 5.32 Å². The second-order valence-corrected chi connectivity index (χ2v) is 4.38. The van der Waals surface area contributed by atoms with E-state index in [0.29, 0.717) is 5.92 Å². The smallest absolute Gasteiger partial charge is 0.0728 e. The summed E-state index contributed by atoms with van der Waals surface area (Å²) in [6, 6.07) is 0. The minimum absolute atomic E-state index is 0.680. The Morgan fingerprint density at radius 1 is 1.53 bits per heavy atom. The topological polar surface area (TPSA) is 42.7 Å². The van der Waals surface area contributed by atoms with Gasteiger partial charge in [0.05, 0.1) is 11.9 Å². The molecule has 4 heteroatoms. The van der Waals surface area contributed by atoms with Gasteiger partial charge in [-0.05, 0) is 38.8 Å². The lowest BCUT2D eigenvalue weighted by atomic mass is 9.72. The molecule has 15 heavy (non-hydrogen) atoms. The average molecular weight is 208 g/mol. The molecule has 1 aromatic rings. The van der Waals surface area contributed by atoms with Crippen molar-refractivity contribution >= 4 is 0 Å². The first kappa shape index (κ1) is 10.6. The highest BCUT2D eigenvalue weighted by Crippen LogP contribution is 2.41. The molecule has 0 bridgehead atoms. The van der Waals surface area contributed by atoms with Crippen molar-refractivity contribution in [3.63, 3.8) is 0 Å². The molecule has 1 heterocycles. The first-order valence-electron chi connectivity index (χ1n) is 5.89. The Labute approximate surface area is 91.1 Å². The molecule has 84 valence electrons. The summed E-state index contributed by atoms with van der Waals surface area (Å²) < 4.78 is 2.08. The van der Waals surface area contributed by atoms with Crippen LogP contribution in [0.3, 0.4) is 0 Å². The fourth-order valence-corrected chi connectivity index (χ4v) is 2.40. The number of rotatable bonds is 5. The summed E-state index contributed by atoms with van der Waals surface area (Å²) in [5.41, 5.74) is 1.34. The van der Waals surface area contributed by atoms with Crippen molar-refractivity contribution in [2.24, 2.45) is 5.92 Å². The Morgan fingerprint density at radius 2 is 2.40 bits per heavy atom. The average Bonchev–Trinajstić information content (AvgIpc) is 2.62. The lowest BCUT2D eigenvalue weighted by molar-refractivity contribution is 0.237. The fourth-order valence-electron chi connectivity index (χ4n) is 2.40. The summed E-state index contributed by atoms with van der Waals surface area (Å²) in [6.45, 7) is 4.29. The van der Waals surface area contributed by atoms with Crippen LogP contribution >= 0.6 is 0 Å². The van der Waals surface area contributed by atoms with E-state index in [2.05, 4.69) is 27.2 Å². The van der Waals surface area contributed by atoms with Gasteiger partial charge in [0.25, 0.3) is 0 Å². The Kier molecular flexibility index (Phi) is 3.36. The maximum atomic E-state index is 4.15. The molecule has 2 rings (SSSR count). The SMILES string of the molecule is CCCn1nncc1C1CCC1CNC. The van der Waals surface area contributed by atoms with Gasteiger partial charge in [0.2, 0.25) is 0 Å². The number of aromatic nitrogens is 3. The zero-order valence-electron chi connectivity index (χ0n) is 9.61. The van der Waals surface area contributed by atoms with Gasteiger partial charge in [-0.3, -0.25) is 0 Å². The lowest BCUT2D eigenvalue weighted by Crippen LogP contribution is -2.33. The van der Waals surface area contributed by atoms with E-state index in [1.54, 1.807) is 0 Å². The summed E-state index contributed by atoms with van der Waals surface area (Å²) in [5, 5.41) is 11.4. The summed E-state index contributed by atoms with van der Waals surface area (Å²) in [4.78, 5) is 0. The number of aryl methyl sites for hydroxylation is 1. The highest BCUT2D eigenvalue weighted by molar-refractivity contribution is 5.10. The van der Waals surface area contributed by atoms with E-state index in [1.807, 2.05) is 13.2 Å². The van der Waals surface area contributed by atoms with Gasteiger partial charge in [0.1, 0.15) is 0 Å². The van der Waals surface area contributed by atoms with Gasteiger partial charge in [-0.1, -0.05) is 12.1 Å². The molecule has 0 radical (unpaired) electrons. The third-order valence-corrected chi connectivity index (χ3v) is 3.35. The van der Waals surface area contributed by atoms with E-state index in [1.165, 1.54) is 18.5 Å². The van der Waals surface area contributed by atoms with Crippen molar-refractivity contribution in [2.75, 3.05) is 13.6 Å². The molecule has 1 saturated carbocycles. The molecule has 1 N–H and O–H groups in total. The van der Waals surface area contributed by atoms with Crippen molar-refractivity contribution in [1.82, 2.24) is 20.3 Å². The highest BCUT2D eigenvalue weighted by Gasteiger charge is 2.33. The van der Waals surface area contributed by atoms with Crippen LogP contribution in [-0.2, 0) is 6.54 Å². The van der Waals surface area contributed by atoms with E-state index < -0.39 is 0 Å². The van der Waals surface area contributed by atoms with Gasteiger partial charge in [-0.15, -0.1) is 5.10 Å². The summed E-state index contributed by atoms with van der Waals surface area (Å²) in [6.07, 6.45) is 5.70. The van der Waals surface area contributed by atoms with Crippen LogP contribution in [0.4, 0.5) is 0 Å². The van der Waals surface area contributed by atoms with Crippen LogP contribution in [0.1, 0.15) is 37.8 Å². The van der Waals surface area contributed by atoms with Crippen LogP contribution in [0.5, 0.6) is 0 Å². The minimum Gasteiger partial charge on any atom is -0.319 e. The van der Waals surface area contributed by atoms with Gasteiger partial charge in [0.15, 0.2) is 0 Å². The van der Waals surface area contributed by atoms with Crippen molar-refractivity contribution in [2.45, 2.75) is 38.6 Å². The second kappa shape index (κ2) is 4.75. The molecule has 0 amide bonds. The molecule has 1 aromatic heterocycles. The van der Waals surface area contributed by atoms with Crippen LogP contribution in [0.25, 0.3) is 0 Å². The molecule has 0 spiro atoms. The predicted octanol–water partition coefficient (Wildman–Crippen LogP) is 1.40. The third-order valence-electron chi connectivity index (χ3n) is 3.35. The van der Waals surface area contributed by atoms with Crippen molar-refractivity contribution in [3.8, 4) is 0 Å². The van der Waals surface area contributed by atoms with Gasteiger partial charge in [-0.25, -0.2) is 4.68 Å². The van der Waals surface area contributed by atoms with Crippen LogP contribution < -0.4 is 5.32 Å². The first-order chi connectivity index (χ1) is 7.36. The number of nitrogens with one attached hydrogen (secondary N) is 1. The molecule has 2 unspecified atom stereocenters. The maximum Gasteiger partial charge on any atom is 0.0728 e. The Balaban J connectivity index is 2.05. The molecule has 0 aromatic carbocycles. The van der Waals surface area contributed by atoms with Crippen LogP contribution in [0.2, 0.25) is 0 Å². The molecule has 0 saturated heterocycles. The van der Waals surface area contributed by atoms with Gasteiger partial charge >= 0.3 is 0 Å². The van der Waals surface area contributed by atoms with Crippen LogP contribution in [0, 0.1) is 5.92 Å². The summed E-state index contributed by atoms with van der Waals surface area (Å²) >= 11 is 0. The van der Waals surface area contributed by atoms with Crippen molar-refractivity contribution in [3.05, 3.63) is 11.9 Å². The largest absolute Gasteiger partial charge is 0.319 e. The fraction of sp³-hybridized carbons (Fsp3) is 0.818. The zero-order valence-corrected chi connectivity index (χ0v) is 9.61. The number of nitrogens with zero attached hydrogens (tertiary/aromatic N) is 3. The Morgan fingerprint density at radius 3 is 3.00 bits per heavy atom. The van der Waals surface area contributed by atoms with Gasteiger partial charge in [-0.2, -0.15) is 0 Å². The Hall–Kier alpha value is -0.900. The minimum atomic E-state index is 0.680. The predicted molar refractivity (Wildman–Crippen MR) is 59.7 cm³/mol. The monoisotopic (exact) mass is 208 g/mol. The number of hydrogen-bond donors (Lipinski definition) is 1. The van der Waals surface area contributed by atoms with E-state index in [0.717, 1.165) is 25.4 Å². The Bertz CT molecular complexity index is 307. The zero-order chi connectivity index (χ0) is 10.7. The van der Waals surface area contributed by atoms with E-state index in [4.69, 9.17) is 0 Å². The van der Waals surface area contributed by atoms with Crippen molar-refractivity contribution in [1.29, 1.82) is 0 Å². The normalized spacial score (nSPS) is 25.2. The van der Waals surface area contributed by atoms with E-state index in [-0.39, 0.29) is 0 Å². The molecule has 1 fully saturated rings. The third kappa shape index (κ3) is 2.04. The van der Waals surface area contributed by atoms with Crippen LogP contribution in [-0.4, -0.2) is 28.6 Å². The molecular formula is C11H20N4. The lowest BCUT2D eigenvalue weighted by Gasteiger charge is -2.36. The molecule has 1 aliphatic carbocycles. The maximum absolute atomic E-state index is 4.15. The van der Waals surface area contributed by atoms with E-state index in [9.17, 15) is 0 Å². The van der Waals surface area contributed by atoms with Gasteiger partial charge in [0, 0.05) is 12.5 Å². The molecular weight excluding hydrogens is 188 g/mol. The summed E-state index contributed by atoms with van der Waals surface area (Å²) in [7, 11) is 2.02. The van der Waals surface area contributed by atoms with Crippen molar-refractivity contribution < 1.29 is 0 Å². The quantitative estimate of drug-likeness (QED) is 0.795. The summed E-state index contributed by atoms with van der Waals surface area (Å²) in [5.74, 6) is 1.46. The van der Waals surface area contributed by atoms with E-state index >= 15 is 0 Å². The first-order valence-corrected chi connectivity index (χ1v) is 5.89. The second-order valence-electron chi connectivity index (χ2n) is 4.38. The number of hydrogen-bond acceptors (Lipinski definition) is 3. The molecule has 1 aliphatic rings. The van der Waals surface area contributed by atoms with Crippen LogP contribution in [0.15, 0.2) is 6.20 Å².